The number of rotatable bonds is 4. The molecule has 0 aliphatic carbocycles. The van der Waals surface area contributed by atoms with Crippen LogP contribution < -0.4 is 5.73 Å². The predicted octanol–water partition coefficient (Wildman–Crippen LogP) is 1.68. The lowest BCUT2D eigenvalue weighted by Crippen LogP contribution is -2.36. The number of primary amides is 1. The number of nitrogens with zero attached hydrogens (tertiary/aromatic N) is 2. The fourth-order valence-electron chi connectivity index (χ4n) is 2.38. The molecule has 1 aromatic carbocycles. The van der Waals surface area contributed by atoms with E-state index in [0.29, 0.717) is 31.0 Å². The molecule has 8 heteroatoms. The van der Waals surface area contributed by atoms with Crippen LogP contribution in [-0.2, 0) is 14.6 Å². The van der Waals surface area contributed by atoms with Crippen LogP contribution in [0.1, 0.15) is 12.8 Å². The van der Waals surface area contributed by atoms with Crippen molar-refractivity contribution in [3.8, 4) is 6.07 Å². The van der Waals surface area contributed by atoms with Crippen molar-refractivity contribution in [3.05, 3.63) is 40.4 Å². The van der Waals surface area contributed by atoms with E-state index in [-0.39, 0.29) is 21.6 Å². The number of carbonyl (C=O) groups excluding carboxylic acids is 1. The van der Waals surface area contributed by atoms with Gasteiger partial charge in [0, 0.05) is 30.2 Å². The Morgan fingerprint density at radius 1 is 1.30 bits per heavy atom. The molecule has 23 heavy (non-hydrogen) atoms. The quantitative estimate of drug-likeness (QED) is 0.829. The van der Waals surface area contributed by atoms with Crippen LogP contribution in [0.3, 0.4) is 0 Å². The molecule has 2 N–H and O–H groups in total. The Bertz CT molecular complexity index is 758. The molecule has 0 radical (unpaired) electrons. The summed E-state index contributed by atoms with van der Waals surface area (Å²) in [6.45, 7) is 0.962. The zero-order valence-corrected chi connectivity index (χ0v) is 13.8. The van der Waals surface area contributed by atoms with Crippen molar-refractivity contribution in [1.29, 1.82) is 5.26 Å². The van der Waals surface area contributed by atoms with Crippen molar-refractivity contribution in [1.82, 2.24) is 4.90 Å². The number of likely N-dealkylation sites (tertiary alicyclic amines) is 1. The van der Waals surface area contributed by atoms with Crippen LogP contribution in [0.15, 0.2) is 40.3 Å². The van der Waals surface area contributed by atoms with Crippen LogP contribution in [0.2, 0.25) is 5.02 Å². The number of carbonyl (C=O) groups is 1. The molecule has 6 nitrogen and oxygen atoms in total. The first kappa shape index (κ1) is 17.3. The van der Waals surface area contributed by atoms with Crippen molar-refractivity contribution in [2.75, 3.05) is 13.1 Å². The molecule has 1 heterocycles. The van der Waals surface area contributed by atoms with E-state index < -0.39 is 9.84 Å². The number of nitriles is 1. The smallest absolute Gasteiger partial charge is 0.220 e. The summed E-state index contributed by atoms with van der Waals surface area (Å²) in [5.74, 6) is -0.541. The van der Waals surface area contributed by atoms with Crippen LogP contribution in [0.5, 0.6) is 0 Å². The van der Waals surface area contributed by atoms with Gasteiger partial charge in [-0.1, -0.05) is 11.6 Å². The topological polar surface area (TPSA) is 104 Å². The molecule has 1 saturated heterocycles. The van der Waals surface area contributed by atoms with Crippen molar-refractivity contribution in [3.63, 3.8) is 0 Å². The van der Waals surface area contributed by atoms with Gasteiger partial charge in [0.2, 0.25) is 15.7 Å². The van der Waals surface area contributed by atoms with Crippen molar-refractivity contribution < 1.29 is 13.2 Å². The average Bonchev–Trinajstić information content (AvgIpc) is 2.53. The summed E-state index contributed by atoms with van der Waals surface area (Å²) in [7, 11) is -3.89. The number of sulfone groups is 1. The number of piperidine rings is 1. The minimum atomic E-state index is -3.89. The first-order chi connectivity index (χ1) is 10.8. The molecular formula is C15H16ClN3O3S. The van der Waals surface area contributed by atoms with Crippen LogP contribution >= 0.6 is 11.6 Å². The van der Waals surface area contributed by atoms with E-state index in [1.807, 2.05) is 0 Å². The maximum Gasteiger partial charge on any atom is 0.220 e. The Labute approximate surface area is 140 Å². The molecule has 1 aliphatic heterocycles. The van der Waals surface area contributed by atoms with Gasteiger partial charge < -0.3 is 10.6 Å². The maximum atomic E-state index is 12.5. The summed E-state index contributed by atoms with van der Waals surface area (Å²) in [5.41, 5.74) is 5.27. The number of amides is 1. The molecule has 1 aliphatic rings. The number of nitrogens with two attached hydrogens (primary N) is 1. The van der Waals surface area contributed by atoms with Gasteiger partial charge in [-0.05, 0) is 37.1 Å². The van der Waals surface area contributed by atoms with E-state index in [4.69, 9.17) is 17.3 Å². The van der Waals surface area contributed by atoms with E-state index >= 15 is 0 Å². The monoisotopic (exact) mass is 353 g/mol. The third kappa shape index (κ3) is 4.03. The molecule has 1 aromatic rings. The van der Waals surface area contributed by atoms with Gasteiger partial charge in [-0.25, -0.2) is 8.42 Å². The molecule has 0 aromatic heterocycles. The Morgan fingerprint density at radius 2 is 1.87 bits per heavy atom. The fraction of sp³-hybridized carbons (Fsp3) is 0.333. The van der Waals surface area contributed by atoms with Gasteiger partial charge >= 0.3 is 0 Å². The van der Waals surface area contributed by atoms with E-state index in [1.54, 1.807) is 11.0 Å². The highest BCUT2D eigenvalue weighted by atomic mass is 35.5. The molecule has 0 saturated carbocycles. The summed E-state index contributed by atoms with van der Waals surface area (Å²) >= 11 is 5.75. The van der Waals surface area contributed by atoms with Gasteiger partial charge in [0.1, 0.15) is 6.07 Å². The van der Waals surface area contributed by atoms with Crippen LogP contribution in [0.25, 0.3) is 0 Å². The number of hydrogen-bond donors (Lipinski definition) is 1. The number of benzene rings is 1. The van der Waals surface area contributed by atoms with Gasteiger partial charge in [0.15, 0.2) is 4.91 Å². The Balaban J connectivity index is 2.21. The number of halogens is 1. The highest BCUT2D eigenvalue weighted by Gasteiger charge is 2.25. The highest BCUT2D eigenvalue weighted by Crippen LogP contribution is 2.23. The van der Waals surface area contributed by atoms with Crippen molar-refractivity contribution in [2.45, 2.75) is 17.7 Å². The SMILES string of the molecule is N#CC(=CN1CCC(C(N)=O)CC1)S(=O)(=O)c1ccc(Cl)cc1. The summed E-state index contributed by atoms with van der Waals surface area (Å²) < 4.78 is 25.0. The Kier molecular flexibility index (Phi) is 5.29. The van der Waals surface area contributed by atoms with E-state index in [2.05, 4.69) is 0 Å². The normalized spacial score (nSPS) is 16.9. The molecule has 1 fully saturated rings. The molecule has 1 amide bonds. The lowest BCUT2D eigenvalue weighted by Gasteiger charge is -2.29. The minimum Gasteiger partial charge on any atom is -0.376 e. The zero-order chi connectivity index (χ0) is 17.0. The summed E-state index contributed by atoms with van der Waals surface area (Å²) in [5, 5.41) is 9.64. The number of allylic oxidation sites excluding steroid dienone is 1. The van der Waals surface area contributed by atoms with E-state index in [0.717, 1.165) is 0 Å². The number of hydrogen-bond acceptors (Lipinski definition) is 5. The lowest BCUT2D eigenvalue weighted by atomic mass is 9.97. The second kappa shape index (κ2) is 7.02. The molecule has 0 bridgehead atoms. The summed E-state index contributed by atoms with van der Waals surface area (Å²) in [6.07, 6.45) is 2.43. The van der Waals surface area contributed by atoms with Crippen LogP contribution in [-0.4, -0.2) is 32.3 Å². The Hall–Kier alpha value is -2.04. The second-order valence-electron chi connectivity index (χ2n) is 5.28. The van der Waals surface area contributed by atoms with Crippen molar-refractivity contribution >= 4 is 27.3 Å². The highest BCUT2D eigenvalue weighted by molar-refractivity contribution is 7.95. The molecular weight excluding hydrogens is 338 g/mol. The fourth-order valence-corrected chi connectivity index (χ4v) is 3.66. The first-order valence-corrected chi connectivity index (χ1v) is 8.86. The van der Waals surface area contributed by atoms with Gasteiger partial charge in [-0.3, -0.25) is 4.79 Å². The van der Waals surface area contributed by atoms with E-state index in [9.17, 15) is 18.5 Å². The van der Waals surface area contributed by atoms with E-state index in [1.165, 1.54) is 30.5 Å². The van der Waals surface area contributed by atoms with Crippen LogP contribution in [0, 0.1) is 17.2 Å². The summed E-state index contributed by atoms with van der Waals surface area (Å²) in [6, 6.07) is 7.39. The van der Waals surface area contributed by atoms with Crippen molar-refractivity contribution in [2.24, 2.45) is 11.7 Å². The average molecular weight is 354 g/mol. The zero-order valence-electron chi connectivity index (χ0n) is 12.3. The maximum absolute atomic E-state index is 12.5. The largest absolute Gasteiger partial charge is 0.376 e. The first-order valence-electron chi connectivity index (χ1n) is 7.00. The van der Waals surface area contributed by atoms with Crippen LogP contribution in [0.4, 0.5) is 0 Å². The molecule has 122 valence electrons. The Morgan fingerprint density at radius 3 is 2.35 bits per heavy atom. The summed E-state index contributed by atoms with van der Waals surface area (Å²) in [4.78, 5) is 12.5. The minimum absolute atomic E-state index is 0.0155. The lowest BCUT2D eigenvalue weighted by molar-refractivity contribution is -0.122. The second-order valence-corrected chi connectivity index (χ2v) is 7.63. The molecule has 2 rings (SSSR count). The van der Waals surface area contributed by atoms with Gasteiger partial charge in [0.05, 0.1) is 4.90 Å². The van der Waals surface area contributed by atoms with Gasteiger partial charge in [-0.2, -0.15) is 5.26 Å². The van der Waals surface area contributed by atoms with Gasteiger partial charge in [0.25, 0.3) is 0 Å². The third-order valence-electron chi connectivity index (χ3n) is 3.76. The predicted molar refractivity (Wildman–Crippen MR) is 85.8 cm³/mol. The van der Waals surface area contributed by atoms with Gasteiger partial charge in [-0.15, -0.1) is 0 Å². The molecule has 0 unspecified atom stereocenters. The third-order valence-corrected chi connectivity index (χ3v) is 5.68. The molecule has 0 spiro atoms. The standard InChI is InChI=1S/C15H16ClN3O3S/c16-12-1-3-13(4-2-12)23(21,22)14(9-17)10-19-7-5-11(6-8-19)15(18)20/h1-4,10-11H,5-8H2,(H2,18,20). The molecule has 0 atom stereocenters.